The molecule has 2 bridgehead atoms. The third-order valence-electron chi connectivity index (χ3n) is 8.68. The van der Waals surface area contributed by atoms with Crippen molar-refractivity contribution in [3.63, 3.8) is 0 Å². The van der Waals surface area contributed by atoms with E-state index in [1.165, 1.54) is 24.8 Å². The summed E-state index contributed by atoms with van der Waals surface area (Å²) in [6, 6.07) is 13.8. The average molecular weight is 461 g/mol. The van der Waals surface area contributed by atoms with Gasteiger partial charge >= 0.3 is 5.97 Å². The summed E-state index contributed by atoms with van der Waals surface area (Å²) in [5.74, 6) is 0.626. The van der Waals surface area contributed by atoms with Gasteiger partial charge in [0, 0.05) is 23.5 Å². The lowest BCUT2D eigenvalue weighted by Crippen LogP contribution is -2.53. The largest absolute Gasteiger partial charge is 0.489 e. The number of carbonyl (C=O) groups is 1. The molecule has 1 saturated carbocycles. The van der Waals surface area contributed by atoms with Crippen LogP contribution in [0.15, 0.2) is 30.3 Å². The van der Waals surface area contributed by atoms with E-state index < -0.39 is 5.97 Å². The Morgan fingerprint density at radius 3 is 2.44 bits per heavy atom. The van der Waals surface area contributed by atoms with Crippen LogP contribution in [0.1, 0.15) is 88.8 Å². The van der Waals surface area contributed by atoms with Crippen molar-refractivity contribution in [1.82, 2.24) is 4.90 Å². The third kappa shape index (κ3) is 4.41. The predicted molar refractivity (Wildman–Crippen MR) is 133 cm³/mol. The Morgan fingerprint density at radius 2 is 1.79 bits per heavy atom. The van der Waals surface area contributed by atoms with Gasteiger partial charge in [-0.25, -0.2) is 0 Å². The van der Waals surface area contributed by atoms with Crippen LogP contribution in [0.5, 0.6) is 5.75 Å². The molecule has 34 heavy (non-hydrogen) atoms. The molecular weight excluding hydrogens is 424 g/mol. The minimum Gasteiger partial charge on any atom is -0.489 e. The van der Waals surface area contributed by atoms with Gasteiger partial charge < -0.3 is 9.84 Å². The van der Waals surface area contributed by atoms with Gasteiger partial charge in [-0.15, -0.1) is 0 Å². The van der Waals surface area contributed by atoms with Crippen molar-refractivity contribution in [2.24, 2.45) is 11.8 Å². The molecule has 5 nitrogen and oxygen atoms in total. The number of benzene rings is 2. The highest BCUT2D eigenvalue weighted by molar-refractivity contribution is 5.90. The molecule has 2 heterocycles. The van der Waals surface area contributed by atoms with E-state index in [0.717, 1.165) is 55.2 Å². The number of piperidine rings is 2. The Labute approximate surface area is 202 Å². The van der Waals surface area contributed by atoms with Crippen molar-refractivity contribution in [1.29, 1.82) is 5.26 Å². The van der Waals surface area contributed by atoms with E-state index in [0.29, 0.717) is 23.4 Å². The summed E-state index contributed by atoms with van der Waals surface area (Å²) in [7, 11) is 0. The molecule has 0 radical (unpaired) electrons. The zero-order valence-electron chi connectivity index (χ0n) is 20.4. The lowest BCUT2D eigenvalue weighted by Gasteiger charge is -2.51. The highest BCUT2D eigenvalue weighted by Gasteiger charge is 2.42. The molecule has 1 aliphatic carbocycles. The topological polar surface area (TPSA) is 73.6 Å². The Bertz CT molecular complexity index is 1080. The fourth-order valence-electron chi connectivity index (χ4n) is 6.75. The first-order valence-corrected chi connectivity index (χ1v) is 13.1. The summed E-state index contributed by atoms with van der Waals surface area (Å²) in [4.78, 5) is 14.2. The molecule has 0 spiro atoms. The van der Waals surface area contributed by atoms with Crippen molar-refractivity contribution in [2.75, 3.05) is 0 Å². The smallest absolute Gasteiger partial charge is 0.306 e. The number of ether oxygens (including phenoxy) is 1. The number of fused-ring (bicyclic) bond motifs is 3. The zero-order valence-corrected chi connectivity index (χ0v) is 20.4. The average Bonchev–Trinajstić information content (AvgIpc) is 2.83. The van der Waals surface area contributed by atoms with Gasteiger partial charge in [0.15, 0.2) is 0 Å². The minimum absolute atomic E-state index is 0.202. The highest BCUT2D eigenvalue weighted by atomic mass is 16.5. The number of hydrogen-bond acceptors (Lipinski definition) is 4. The molecule has 3 atom stereocenters. The van der Waals surface area contributed by atoms with Gasteiger partial charge in [0.2, 0.25) is 0 Å². The standard InChI is InChI=1S/C29H36N2O3/c1-18-6-10-25(11-7-18)34-28-13-9-21-14-20(8-12-26(21)27(28)17-30)19(2)31-23-4-3-5-24(31)16-22(15-23)29(32)33/h8-9,12-14,18-19,22-25H,3-7,10-11,15-16H2,1-2H3,(H,32,33). The van der Waals surface area contributed by atoms with Crippen molar-refractivity contribution >= 4 is 16.7 Å². The molecule has 2 aromatic rings. The second-order valence-electron chi connectivity index (χ2n) is 10.9. The molecule has 2 aromatic carbocycles. The Balaban J connectivity index is 1.39. The first-order chi connectivity index (χ1) is 16.4. The highest BCUT2D eigenvalue weighted by Crippen LogP contribution is 2.43. The van der Waals surface area contributed by atoms with Crippen molar-refractivity contribution in [2.45, 2.75) is 95.9 Å². The zero-order chi connectivity index (χ0) is 23.8. The van der Waals surface area contributed by atoms with Crippen LogP contribution in [0.2, 0.25) is 0 Å². The summed E-state index contributed by atoms with van der Waals surface area (Å²) >= 11 is 0. The number of hydrogen-bond donors (Lipinski definition) is 1. The summed E-state index contributed by atoms with van der Waals surface area (Å²) < 4.78 is 6.31. The number of nitriles is 1. The molecule has 3 unspecified atom stereocenters. The number of rotatable bonds is 5. The van der Waals surface area contributed by atoms with Crippen molar-refractivity contribution < 1.29 is 14.6 Å². The predicted octanol–water partition coefficient (Wildman–Crippen LogP) is 6.45. The Hall–Kier alpha value is -2.58. The van der Waals surface area contributed by atoms with Crippen molar-refractivity contribution in [3.8, 4) is 11.8 Å². The second-order valence-corrected chi connectivity index (χ2v) is 10.9. The van der Waals surface area contributed by atoms with Gasteiger partial charge in [-0.05, 0) is 87.3 Å². The quantitative estimate of drug-likeness (QED) is 0.555. The van der Waals surface area contributed by atoms with Gasteiger partial charge in [-0.3, -0.25) is 9.69 Å². The number of aliphatic carboxylic acids is 1. The molecule has 180 valence electrons. The lowest BCUT2D eigenvalue weighted by atomic mass is 9.77. The molecule has 3 aliphatic rings. The van der Waals surface area contributed by atoms with E-state index in [4.69, 9.17) is 4.74 Å². The molecule has 5 rings (SSSR count). The van der Waals surface area contributed by atoms with E-state index >= 15 is 0 Å². The molecule has 0 amide bonds. The fraction of sp³-hybridized carbons (Fsp3) is 0.586. The third-order valence-corrected chi connectivity index (χ3v) is 8.68. The molecule has 0 aromatic heterocycles. The molecule has 2 aliphatic heterocycles. The van der Waals surface area contributed by atoms with Crippen LogP contribution >= 0.6 is 0 Å². The second kappa shape index (κ2) is 9.58. The van der Waals surface area contributed by atoms with Crippen LogP contribution in [0.4, 0.5) is 0 Å². The maximum Gasteiger partial charge on any atom is 0.306 e. The van der Waals surface area contributed by atoms with E-state index in [1.54, 1.807) is 0 Å². The Kier molecular flexibility index (Phi) is 6.53. The summed E-state index contributed by atoms with van der Waals surface area (Å²) in [5.41, 5.74) is 1.87. The summed E-state index contributed by atoms with van der Waals surface area (Å²) in [6.07, 6.45) is 9.55. The summed E-state index contributed by atoms with van der Waals surface area (Å²) in [6.45, 7) is 4.55. The van der Waals surface area contributed by atoms with Crippen LogP contribution in [-0.4, -0.2) is 34.2 Å². The van der Waals surface area contributed by atoms with Crippen LogP contribution in [0, 0.1) is 23.2 Å². The first kappa shape index (κ1) is 23.2. The van der Waals surface area contributed by atoms with Gasteiger partial charge in [0.1, 0.15) is 17.4 Å². The van der Waals surface area contributed by atoms with E-state index in [9.17, 15) is 15.2 Å². The van der Waals surface area contributed by atoms with E-state index in [-0.39, 0.29) is 18.1 Å². The normalized spacial score (nSPS) is 30.4. The van der Waals surface area contributed by atoms with Crippen molar-refractivity contribution in [3.05, 3.63) is 41.5 Å². The Morgan fingerprint density at radius 1 is 1.09 bits per heavy atom. The first-order valence-electron chi connectivity index (χ1n) is 13.1. The number of carboxylic acid groups (broad SMARTS) is 1. The summed E-state index contributed by atoms with van der Waals surface area (Å²) in [5, 5.41) is 21.6. The molecule has 5 heteroatoms. The van der Waals surface area contributed by atoms with Crippen LogP contribution in [0.25, 0.3) is 10.8 Å². The lowest BCUT2D eigenvalue weighted by molar-refractivity contribution is -0.147. The molecule has 1 N–H and O–H groups in total. The van der Waals surface area contributed by atoms with Gasteiger partial charge in [-0.1, -0.05) is 31.5 Å². The SMILES string of the molecule is CC1CCC(Oc2ccc3cc(C(C)N4C5CCCC4CC(C(=O)O)C5)ccc3c2C#N)CC1. The van der Waals surface area contributed by atoms with Gasteiger partial charge in [-0.2, -0.15) is 5.26 Å². The number of nitrogens with zero attached hydrogens (tertiary/aromatic N) is 2. The molecule has 2 saturated heterocycles. The van der Waals surface area contributed by atoms with Crippen LogP contribution in [-0.2, 0) is 4.79 Å². The monoisotopic (exact) mass is 460 g/mol. The van der Waals surface area contributed by atoms with Gasteiger partial charge in [0.25, 0.3) is 0 Å². The maximum atomic E-state index is 11.7. The number of carboxylic acids is 1. The minimum atomic E-state index is -0.639. The maximum absolute atomic E-state index is 11.7. The van der Waals surface area contributed by atoms with Crippen LogP contribution in [0.3, 0.4) is 0 Å². The van der Waals surface area contributed by atoms with Crippen LogP contribution < -0.4 is 4.74 Å². The molecular formula is C29H36N2O3. The fourth-order valence-corrected chi connectivity index (χ4v) is 6.75. The molecule has 3 fully saturated rings. The van der Waals surface area contributed by atoms with Gasteiger partial charge in [0.05, 0.1) is 12.0 Å². The van der Waals surface area contributed by atoms with E-state index in [2.05, 4.69) is 49.1 Å². The van der Waals surface area contributed by atoms with E-state index in [1.807, 2.05) is 6.07 Å².